The number of aromatic nitrogens is 1. The molecule has 0 atom stereocenters. The van der Waals surface area contributed by atoms with Crippen LogP contribution in [-0.4, -0.2) is 28.5 Å². The van der Waals surface area contributed by atoms with E-state index < -0.39 is 0 Å². The molecule has 0 bridgehead atoms. The van der Waals surface area contributed by atoms with E-state index in [-0.39, 0.29) is 23.5 Å². The topological polar surface area (TPSA) is 79.4 Å². The molecule has 0 fully saturated rings. The first-order valence-electron chi connectivity index (χ1n) is 11.5. The van der Waals surface area contributed by atoms with Gasteiger partial charge in [0, 0.05) is 5.69 Å². The largest absolute Gasteiger partial charge is 0.325 e. The van der Waals surface area contributed by atoms with Gasteiger partial charge >= 0.3 is 0 Å². The maximum absolute atomic E-state index is 12.8. The van der Waals surface area contributed by atoms with Gasteiger partial charge in [-0.15, -0.1) is 11.3 Å². The number of carbonyl (C=O) groups is 3. The van der Waals surface area contributed by atoms with Crippen molar-refractivity contribution < 1.29 is 14.4 Å². The summed E-state index contributed by atoms with van der Waals surface area (Å²) in [5, 5.41) is 2.92. The molecule has 1 aliphatic rings. The van der Waals surface area contributed by atoms with E-state index in [2.05, 4.69) is 10.3 Å². The molecular formula is C29H19N3O3S2. The molecule has 180 valence electrons. The van der Waals surface area contributed by atoms with Crippen LogP contribution in [0, 0.1) is 0 Å². The van der Waals surface area contributed by atoms with E-state index in [1.54, 1.807) is 42.5 Å². The first-order chi connectivity index (χ1) is 18.1. The summed E-state index contributed by atoms with van der Waals surface area (Å²) in [6.45, 7) is 0. The maximum Gasteiger partial charge on any atom is 0.266 e. The third-order valence-corrected chi connectivity index (χ3v) is 8.17. The number of thioether (sulfide) groups is 1. The molecule has 3 amide bonds. The van der Waals surface area contributed by atoms with Crippen molar-refractivity contribution in [3.63, 3.8) is 0 Å². The van der Waals surface area contributed by atoms with Crippen LogP contribution in [0.3, 0.4) is 0 Å². The molecule has 2 heterocycles. The summed E-state index contributed by atoms with van der Waals surface area (Å²) in [5.74, 6) is -0.561. The summed E-state index contributed by atoms with van der Waals surface area (Å²) in [7, 11) is 0. The number of anilines is 2. The molecule has 37 heavy (non-hydrogen) atoms. The first kappa shape index (κ1) is 23.1. The Hall–Kier alpha value is -4.27. The third kappa shape index (κ3) is 4.52. The lowest BCUT2D eigenvalue weighted by Gasteiger charge is -2.13. The lowest BCUT2D eigenvalue weighted by molar-refractivity contribution is -0.113. The Morgan fingerprint density at radius 3 is 2.16 bits per heavy atom. The van der Waals surface area contributed by atoms with Crippen molar-refractivity contribution in [3.05, 3.63) is 108 Å². The normalized spacial score (nSPS) is 12.7. The number of rotatable bonds is 6. The number of nitrogens with one attached hydrogen (secondary N) is 1. The molecule has 0 aliphatic carbocycles. The van der Waals surface area contributed by atoms with Crippen LogP contribution in [0.5, 0.6) is 0 Å². The monoisotopic (exact) mass is 521 g/mol. The smallest absolute Gasteiger partial charge is 0.266 e. The predicted molar refractivity (Wildman–Crippen MR) is 148 cm³/mol. The Morgan fingerprint density at radius 1 is 0.811 bits per heavy atom. The Balaban J connectivity index is 1.11. The lowest BCUT2D eigenvalue weighted by atomic mass is 10.1. The molecule has 0 radical (unpaired) electrons. The third-order valence-electron chi connectivity index (χ3n) is 6.01. The van der Waals surface area contributed by atoms with Gasteiger partial charge in [-0.3, -0.25) is 14.4 Å². The molecule has 6 nitrogen and oxygen atoms in total. The number of imide groups is 1. The van der Waals surface area contributed by atoms with E-state index in [0.29, 0.717) is 16.8 Å². The zero-order valence-corrected chi connectivity index (χ0v) is 21.0. The summed E-state index contributed by atoms with van der Waals surface area (Å²) in [5.41, 5.74) is 5.03. The number of fused-ring (bicyclic) bond motifs is 2. The highest BCUT2D eigenvalue weighted by molar-refractivity contribution is 8.01. The van der Waals surface area contributed by atoms with Crippen molar-refractivity contribution in [2.45, 2.75) is 4.34 Å². The van der Waals surface area contributed by atoms with Gasteiger partial charge in [-0.2, -0.15) is 0 Å². The van der Waals surface area contributed by atoms with E-state index in [0.717, 1.165) is 31.4 Å². The minimum atomic E-state index is -0.326. The fourth-order valence-electron chi connectivity index (χ4n) is 4.22. The average Bonchev–Trinajstić information content (AvgIpc) is 3.46. The Labute approximate surface area is 221 Å². The molecule has 0 spiro atoms. The second kappa shape index (κ2) is 9.65. The highest BCUT2D eigenvalue weighted by atomic mass is 32.2. The zero-order chi connectivity index (χ0) is 25.4. The minimum Gasteiger partial charge on any atom is -0.325 e. The van der Waals surface area contributed by atoms with Crippen molar-refractivity contribution in [3.8, 4) is 11.1 Å². The zero-order valence-electron chi connectivity index (χ0n) is 19.4. The number of hydrogen-bond donors (Lipinski definition) is 1. The summed E-state index contributed by atoms with van der Waals surface area (Å²) < 4.78 is 1.58. The number of carbonyl (C=O) groups excluding carboxylic acids is 3. The molecular weight excluding hydrogens is 502 g/mol. The van der Waals surface area contributed by atoms with Crippen LogP contribution in [-0.2, 0) is 4.79 Å². The Bertz CT molecular complexity index is 1630. The van der Waals surface area contributed by atoms with Crippen LogP contribution in [0.2, 0.25) is 0 Å². The second-order valence-electron chi connectivity index (χ2n) is 8.40. The molecule has 0 saturated heterocycles. The number of hydrogen-bond acceptors (Lipinski definition) is 6. The van der Waals surface area contributed by atoms with Gasteiger partial charge < -0.3 is 5.32 Å². The standard InChI is InChI=1S/C29H19N3O3S2/c33-26(30-20-12-10-19(11-13-20)18-6-2-1-3-7-18)17-36-29-31-24-15-14-21(16-25(24)37-29)32-27(34)22-8-4-5-9-23(22)28(32)35/h1-16H,17H2,(H,30,33). The molecule has 0 unspecified atom stereocenters. The highest BCUT2D eigenvalue weighted by Gasteiger charge is 2.36. The SMILES string of the molecule is O=C(CSc1nc2ccc(N3C(=O)c4ccccc4C3=O)cc2s1)Nc1ccc(-c2ccccc2)cc1. The molecule has 5 aromatic rings. The van der Waals surface area contributed by atoms with Gasteiger partial charge in [0.05, 0.1) is 32.8 Å². The summed E-state index contributed by atoms with van der Waals surface area (Å²) >= 11 is 2.78. The van der Waals surface area contributed by atoms with Gasteiger partial charge in [0.2, 0.25) is 5.91 Å². The molecule has 0 saturated carbocycles. The molecule has 6 rings (SSSR count). The van der Waals surface area contributed by atoms with Gasteiger partial charge in [-0.25, -0.2) is 9.88 Å². The van der Waals surface area contributed by atoms with Crippen molar-refractivity contribution in [1.82, 2.24) is 4.98 Å². The molecule has 1 aliphatic heterocycles. The van der Waals surface area contributed by atoms with Gasteiger partial charge in [0.1, 0.15) is 0 Å². The fraction of sp³-hybridized carbons (Fsp3) is 0.0345. The summed E-state index contributed by atoms with van der Waals surface area (Å²) in [6.07, 6.45) is 0. The van der Waals surface area contributed by atoms with Crippen LogP contribution >= 0.6 is 23.1 Å². The van der Waals surface area contributed by atoms with E-state index >= 15 is 0 Å². The average molecular weight is 522 g/mol. The molecule has 4 aromatic carbocycles. The number of thiazole rings is 1. The van der Waals surface area contributed by atoms with Crippen molar-refractivity contribution in [1.29, 1.82) is 0 Å². The predicted octanol–water partition coefficient (Wildman–Crippen LogP) is 6.49. The van der Waals surface area contributed by atoms with Crippen LogP contribution in [0.1, 0.15) is 20.7 Å². The summed E-state index contributed by atoms with van der Waals surface area (Å²) in [4.78, 5) is 43.9. The Kier molecular flexibility index (Phi) is 6.04. The second-order valence-corrected chi connectivity index (χ2v) is 10.7. The van der Waals surface area contributed by atoms with Crippen LogP contribution in [0.4, 0.5) is 11.4 Å². The van der Waals surface area contributed by atoms with Gasteiger partial charge in [0.15, 0.2) is 4.34 Å². The van der Waals surface area contributed by atoms with Crippen molar-refractivity contribution in [2.75, 3.05) is 16.0 Å². The van der Waals surface area contributed by atoms with Crippen LogP contribution in [0.15, 0.2) is 101 Å². The van der Waals surface area contributed by atoms with Crippen LogP contribution < -0.4 is 10.2 Å². The maximum atomic E-state index is 12.8. The van der Waals surface area contributed by atoms with E-state index in [1.807, 2.05) is 54.6 Å². The molecule has 8 heteroatoms. The number of benzene rings is 4. The van der Waals surface area contributed by atoms with E-state index in [1.165, 1.54) is 28.0 Å². The lowest BCUT2D eigenvalue weighted by Crippen LogP contribution is -2.29. The minimum absolute atomic E-state index is 0.122. The van der Waals surface area contributed by atoms with Crippen LogP contribution in [0.25, 0.3) is 21.3 Å². The van der Waals surface area contributed by atoms with Gasteiger partial charge in [-0.1, -0.05) is 66.4 Å². The number of amides is 3. The summed E-state index contributed by atoms with van der Waals surface area (Å²) in [6, 6.07) is 30.0. The van der Waals surface area contributed by atoms with Gasteiger partial charge in [-0.05, 0) is 53.6 Å². The molecule has 1 N–H and O–H groups in total. The highest BCUT2D eigenvalue weighted by Crippen LogP contribution is 2.35. The Morgan fingerprint density at radius 2 is 1.46 bits per heavy atom. The first-order valence-corrected chi connectivity index (χ1v) is 13.3. The van der Waals surface area contributed by atoms with Crippen molar-refractivity contribution in [2.24, 2.45) is 0 Å². The quantitative estimate of drug-likeness (QED) is 0.204. The van der Waals surface area contributed by atoms with Crippen molar-refractivity contribution >= 4 is 62.4 Å². The van der Waals surface area contributed by atoms with Gasteiger partial charge in [0.25, 0.3) is 11.8 Å². The van der Waals surface area contributed by atoms with E-state index in [4.69, 9.17) is 0 Å². The fourth-order valence-corrected chi connectivity index (χ4v) is 6.12. The van der Waals surface area contributed by atoms with E-state index in [9.17, 15) is 14.4 Å². The number of nitrogens with zero attached hydrogens (tertiary/aromatic N) is 2. The molecule has 1 aromatic heterocycles.